The third kappa shape index (κ3) is 2.46. The van der Waals surface area contributed by atoms with E-state index in [0.717, 1.165) is 18.4 Å². The average Bonchev–Trinajstić information content (AvgIpc) is 2.85. The zero-order valence-electron chi connectivity index (χ0n) is 10.7. The normalized spacial score (nSPS) is 25.8. The Morgan fingerprint density at radius 2 is 2.25 bits per heavy atom. The van der Waals surface area contributed by atoms with E-state index < -0.39 is 0 Å². The average molecular weight is 238 g/mol. The monoisotopic (exact) mass is 238 g/mol. The van der Waals surface area contributed by atoms with Gasteiger partial charge in [-0.15, -0.1) is 11.3 Å². The van der Waals surface area contributed by atoms with Crippen LogP contribution in [0.25, 0.3) is 0 Å². The Bertz CT molecular complexity index is 359. The van der Waals surface area contributed by atoms with Crippen molar-refractivity contribution in [3.63, 3.8) is 0 Å². The third-order valence-corrected chi connectivity index (χ3v) is 4.84. The first kappa shape index (κ1) is 12.1. The lowest BCUT2D eigenvalue weighted by atomic mass is 10.2. The molecule has 0 aromatic carbocycles. The molecule has 1 heterocycles. The van der Waals surface area contributed by atoms with Gasteiger partial charge >= 0.3 is 0 Å². The van der Waals surface area contributed by atoms with Gasteiger partial charge in [0.25, 0.3) is 0 Å². The maximum atomic E-state index is 4.73. The smallest absolute Gasteiger partial charge is 0.0965 e. The Morgan fingerprint density at radius 3 is 2.81 bits per heavy atom. The summed E-state index contributed by atoms with van der Waals surface area (Å²) in [4.78, 5) is 6.16. The molecule has 1 N–H and O–H groups in total. The highest BCUT2D eigenvalue weighted by molar-refractivity contribution is 7.12. The minimum Gasteiger partial charge on any atom is -0.309 e. The number of hydrogen-bond donors (Lipinski definition) is 1. The highest BCUT2D eigenvalue weighted by atomic mass is 32.1. The second-order valence-electron chi connectivity index (χ2n) is 5.00. The maximum absolute atomic E-state index is 4.73. The van der Waals surface area contributed by atoms with Crippen LogP contribution >= 0.6 is 11.3 Å². The second-order valence-corrected chi connectivity index (χ2v) is 6.06. The van der Waals surface area contributed by atoms with E-state index in [1.54, 1.807) is 0 Å². The van der Waals surface area contributed by atoms with E-state index in [-0.39, 0.29) is 0 Å². The molecule has 2 rings (SSSR count). The van der Waals surface area contributed by atoms with Crippen molar-refractivity contribution in [3.8, 4) is 0 Å². The molecule has 0 radical (unpaired) electrons. The fourth-order valence-electron chi connectivity index (χ4n) is 2.11. The lowest BCUT2D eigenvalue weighted by molar-refractivity contribution is 0.575. The van der Waals surface area contributed by atoms with Crippen LogP contribution < -0.4 is 5.32 Å². The van der Waals surface area contributed by atoms with Crippen molar-refractivity contribution < 1.29 is 0 Å². The van der Waals surface area contributed by atoms with Crippen LogP contribution in [0.1, 0.15) is 61.2 Å². The molecule has 0 spiro atoms. The summed E-state index contributed by atoms with van der Waals surface area (Å²) in [6.07, 6.45) is 2.53. The lowest BCUT2D eigenvalue weighted by Gasteiger charge is -2.11. The zero-order chi connectivity index (χ0) is 11.7. The summed E-state index contributed by atoms with van der Waals surface area (Å²) < 4.78 is 0. The summed E-state index contributed by atoms with van der Waals surface area (Å²) in [5, 5.41) is 4.91. The van der Waals surface area contributed by atoms with Gasteiger partial charge in [0.2, 0.25) is 0 Å². The largest absolute Gasteiger partial charge is 0.309 e. The number of aryl methyl sites for hydroxylation is 1. The van der Waals surface area contributed by atoms with Crippen molar-refractivity contribution in [2.24, 2.45) is 5.92 Å². The van der Waals surface area contributed by atoms with E-state index in [2.05, 4.69) is 33.0 Å². The molecule has 0 amide bonds. The fraction of sp³-hybridized carbons (Fsp3) is 0.769. The molecule has 16 heavy (non-hydrogen) atoms. The van der Waals surface area contributed by atoms with Crippen molar-refractivity contribution in [1.29, 1.82) is 0 Å². The summed E-state index contributed by atoms with van der Waals surface area (Å²) in [5.41, 5.74) is 1.23. The molecule has 90 valence electrons. The molecule has 3 atom stereocenters. The Balaban J connectivity index is 2.06. The molecule has 1 aliphatic carbocycles. The van der Waals surface area contributed by atoms with Crippen LogP contribution in [-0.2, 0) is 0 Å². The Labute approximate surface area is 102 Å². The van der Waals surface area contributed by atoms with E-state index in [1.807, 2.05) is 11.3 Å². The van der Waals surface area contributed by atoms with Gasteiger partial charge in [0, 0.05) is 16.8 Å². The highest BCUT2D eigenvalue weighted by Gasteiger charge is 2.37. The molecular formula is C13H22N2S. The summed E-state index contributed by atoms with van der Waals surface area (Å²) in [7, 11) is 0. The van der Waals surface area contributed by atoms with E-state index in [0.29, 0.717) is 6.04 Å². The first-order valence-corrected chi connectivity index (χ1v) is 7.15. The van der Waals surface area contributed by atoms with E-state index in [1.165, 1.54) is 28.4 Å². The van der Waals surface area contributed by atoms with Crippen LogP contribution in [0.2, 0.25) is 0 Å². The molecule has 3 unspecified atom stereocenters. The SMILES string of the molecule is CCCNC(C)c1sc(C2CC2C)nc1C. The standard InChI is InChI=1S/C13H22N2S/c1-5-6-14-9(3)12-10(4)15-13(16-12)11-7-8(11)2/h8-9,11,14H,5-7H2,1-4H3. The Hall–Kier alpha value is -0.410. The summed E-state index contributed by atoms with van der Waals surface area (Å²) in [5.74, 6) is 1.62. The predicted molar refractivity (Wildman–Crippen MR) is 70.1 cm³/mol. The number of nitrogens with zero attached hydrogens (tertiary/aromatic N) is 1. The van der Waals surface area contributed by atoms with Crippen molar-refractivity contribution in [1.82, 2.24) is 10.3 Å². The predicted octanol–water partition coefficient (Wildman–Crippen LogP) is 3.64. The quantitative estimate of drug-likeness (QED) is 0.847. The Kier molecular flexibility index (Phi) is 3.65. The number of thiazole rings is 1. The molecule has 2 nitrogen and oxygen atoms in total. The molecule has 1 fully saturated rings. The molecule has 0 saturated heterocycles. The zero-order valence-corrected chi connectivity index (χ0v) is 11.5. The minimum absolute atomic E-state index is 0.459. The number of hydrogen-bond acceptors (Lipinski definition) is 3. The van der Waals surface area contributed by atoms with Crippen LogP contribution in [0.4, 0.5) is 0 Å². The first-order valence-electron chi connectivity index (χ1n) is 6.34. The summed E-state index contributed by atoms with van der Waals surface area (Å²) >= 11 is 1.92. The molecule has 1 aromatic rings. The topological polar surface area (TPSA) is 24.9 Å². The van der Waals surface area contributed by atoms with Crippen molar-refractivity contribution in [2.75, 3.05) is 6.54 Å². The van der Waals surface area contributed by atoms with Gasteiger partial charge in [0.05, 0.1) is 10.7 Å². The number of rotatable bonds is 5. The van der Waals surface area contributed by atoms with Gasteiger partial charge in [-0.3, -0.25) is 0 Å². The van der Waals surface area contributed by atoms with Crippen LogP contribution in [0.5, 0.6) is 0 Å². The van der Waals surface area contributed by atoms with E-state index in [4.69, 9.17) is 4.98 Å². The van der Waals surface area contributed by atoms with Crippen LogP contribution in [-0.4, -0.2) is 11.5 Å². The van der Waals surface area contributed by atoms with Crippen molar-refractivity contribution in [2.45, 2.75) is 52.5 Å². The maximum Gasteiger partial charge on any atom is 0.0965 e. The van der Waals surface area contributed by atoms with Gasteiger partial charge in [-0.1, -0.05) is 13.8 Å². The third-order valence-electron chi connectivity index (χ3n) is 3.37. The molecular weight excluding hydrogens is 216 g/mol. The van der Waals surface area contributed by atoms with Gasteiger partial charge in [0.15, 0.2) is 0 Å². The second kappa shape index (κ2) is 4.84. The number of aromatic nitrogens is 1. The molecule has 1 aliphatic rings. The molecule has 0 bridgehead atoms. The van der Waals surface area contributed by atoms with Gasteiger partial charge in [-0.2, -0.15) is 0 Å². The highest BCUT2D eigenvalue weighted by Crippen LogP contribution is 2.49. The van der Waals surface area contributed by atoms with E-state index in [9.17, 15) is 0 Å². The van der Waals surface area contributed by atoms with Crippen molar-refractivity contribution >= 4 is 11.3 Å². The van der Waals surface area contributed by atoms with Gasteiger partial charge in [-0.05, 0) is 39.2 Å². The van der Waals surface area contributed by atoms with Crippen LogP contribution in [0.15, 0.2) is 0 Å². The summed E-state index contributed by atoms with van der Waals surface area (Å²) in [6, 6.07) is 0.459. The molecule has 1 saturated carbocycles. The van der Waals surface area contributed by atoms with Gasteiger partial charge < -0.3 is 5.32 Å². The minimum atomic E-state index is 0.459. The molecule has 3 heteroatoms. The first-order chi connectivity index (χ1) is 7.63. The van der Waals surface area contributed by atoms with E-state index >= 15 is 0 Å². The van der Waals surface area contributed by atoms with Crippen molar-refractivity contribution in [3.05, 3.63) is 15.6 Å². The fourth-order valence-corrected chi connectivity index (χ4v) is 3.45. The lowest BCUT2D eigenvalue weighted by Crippen LogP contribution is -2.18. The van der Waals surface area contributed by atoms with Crippen LogP contribution in [0, 0.1) is 12.8 Å². The number of nitrogens with one attached hydrogen (secondary N) is 1. The van der Waals surface area contributed by atoms with Gasteiger partial charge in [-0.25, -0.2) is 4.98 Å². The van der Waals surface area contributed by atoms with Gasteiger partial charge in [0.1, 0.15) is 0 Å². The summed E-state index contributed by atoms with van der Waals surface area (Å²) in [6.45, 7) is 10.0. The molecule has 0 aliphatic heterocycles. The molecule has 1 aromatic heterocycles. The van der Waals surface area contributed by atoms with Crippen LogP contribution in [0.3, 0.4) is 0 Å². The Morgan fingerprint density at radius 1 is 1.56 bits per heavy atom.